The largest absolute Gasteiger partial charge is 0.462 e. The molecule has 7 heteroatoms. The van der Waals surface area contributed by atoms with E-state index in [1.807, 2.05) is 30.3 Å². The fourth-order valence-corrected chi connectivity index (χ4v) is 6.25. The van der Waals surface area contributed by atoms with Crippen LogP contribution in [0.3, 0.4) is 0 Å². The Hall–Kier alpha value is -1.28. The van der Waals surface area contributed by atoms with Gasteiger partial charge in [0.15, 0.2) is 0 Å². The molecule has 3 aliphatic heterocycles. The predicted octanol–water partition coefficient (Wildman–Crippen LogP) is 3.80. The van der Waals surface area contributed by atoms with E-state index in [4.69, 9.17) is 9.47 Å². The van der Waals surface area contributed by atoms with Crippen LogP contribution in [0.2, 0.25) is 0 Å². The van der Waals surface area contributed by atoms with E-state index < -0.39 is 5.92 Å². The Balaban J connectivity index is 0.00000259. The third kappa shape index (κ3) is 5.53. The monoisotopic (exact) mass is 521 g/mol. The van der Waals surface area contributed by atoms with E-state index in [0.29, 0.717) is 31.6 Å². The second-order valence-corrected chi connectivity index (χ2v) is 10.1. The lowest BCUT2D eigenvalue weighted by Crippen LogP contribution is -2.52. The van der Waals surface area contributed by atoms with Crippen molar-refractivity contribution in [3.8, 4) is 0 Å². The van der Waals surface area contributed by atoms with Crippen molar-refractivity contribution < 1.29 is 24.2 Å². The van der Waals surface area contributed by atoms with Crippen molar-refractivity contribution in [3.05, 3.63) is 35.9 Å². The van der Waals surface area contributed by atoms with E-state index in [0.717, 1.165) is 17.9 Å². The number of aliphatic hydroxyl groups is 1. The number of esters is 1. The molecular weight excluding hydrogens is 486 g/mol. The van der Waals surface area contributed by atoms with Crippen molar-refractivity contribution in [3.63, 3.8) is 0 Å². The minimum atomic E-state index is -0.654. The number of rotatable bonds is 9. The maximum absolute atomic E-state index is 12.8. The first-order chi connectivity index (χ1) is 15.6. The van der Waals surface area contributed by atoms with Gasteiger partial charge in [0.1, 0.15) is 30.0 Å². The van der Waals surface area contributed by atoms with Crippen molar-refractivity contribution in [2.75, 3.05) is 13.2 Å². The maximum atomic E-state index is 12.8. The van der Waals surface area contributed by atoms with Crippen LogP contribution < -0.4 is 0 Å². The molecule has 4 fully saturated rings. The van der Waals surface area contributed by atoms with Gasteiger partial charge in [-0.2, -0.15) is 0 Å². The van der Waals surface area contributed by atoms with Crippen LogP contribution in [0.25, 0.3) is 0 Å². The van der Waals surface area contributed by atoms with Crippen LogP contribution in [0.5, 0.6) is 0 Å². The zero-order valence-electron chi connectivity index (χ0n) is 19.1. The van der Waals surface area contributed by atoms with Crippen molar-refractivity contribution in [2.45, 2.75) is 94.1 Å². The molecular formula is C26H36BrNO5. The summed E-state index contributed by atoms with van der Waals surface area (Å²) >= 11 is 0. The summed E-state index contributed by atoms with van der Waals surface area (Å²) in [6.07, 6.45) is 9.85. The molecule has 0 amide bonds. The highest BCUT2D eigenvalue weighted by atomic mass is 79.9. The van der Waals surface area contributed by atoms with Gasteiger partial charge in [0, 0.05) is 31.3 Å². The van der Waals surface area contributed by atoms with Gasteiger partial charge in [-0.05, 0) is 17.9 Å². The molecule has 0 aromatic heterocycles. The van der Waals surface area contributed by atoms with Gasteiger partial charge < -0.3 is 14.6 Å². The molecule has 5 rings (SSSR count). The number of hydrogen-bond donors (Lipinski definition) is 1. The van der Waals surface area contributed by atoms with Gasteiger partial charge in [0.2, 0.25) is 0 Å². The van der Waals surface area contributed by atoms with E-state index in [-0.39, 0.29) is 60.0 Å². The number of morpholine rings is 1. The summed E-state index contributed by atoms with van der Waals surface area (Å²) in [5.41, 5.74) is 0.773. The number of piperidine rings is 1. The van der Waals surface area contributed by atoms with E-state index in [9.17, 15) is 14.7 Å². The summed E-state index contributed by atoms with van der Waals surface area (Å²) in [6, 6.07) is 9.60. The number of carbonyl (C=O) groups excluding carboxylic acids is 2. The lowest BCUT2D eigenvalue weighted by atomic mass is 9.85. The number of Topliss-reactive ketones (excluding diaryl/α,β-unsaturated/α-hetero) is 1. The number of hydrogen-bond acceptors (Lipinski definition) is 6. The Bertz CT molecular complexity index is 796. The van der Waals surface area contributed by atoms with Crippen LogP contribution in [-0.4, -0.2) is 65.3 Å². The van der Waals surface area contributed by atoms with Gasteiger partial charge in [-0.1, -0.05) is 62.4 Å². The molecule has 3 saturated heterocycles. The molecule has 182 valence electrons. The molecule has 33 heavy (non-hydrogen) atoms. The summed E-state index contributed by atoms with van der Waals surface area (Å²) in [5, 5.41) is 9.76. The van der Waals surface area contributed by atoms with Gasteiger partial charge >= 0.3 is 5.97 Å². The van der Waals surface area contributed by atoms with Gasteiger partial charge in [-0.15, -0.1) is 17.0 Å². The Labute approximate surface area is 206 Å². The Morgan fingerprint density at radius 1 is 1.06 bits per heavy atom. The number of ketones is 1. The standard InChI is InChI=1S/C26H35NO5.BrH/c28-16-21(18-9-5-2-6-10-18)26(30)31-20-13-22-24-25(32-24)23(14-20)27(22)15-19(29)12-11-17-7-3-1-4-8-17;/h2,5-6,9-10,17,20-25,28H,1,3-4,7-8,11-16H2;1H. The molecule has 1 aliphatic carbocycles. The highest BCUT2D eigenvalue weighted by Crippen LogP contribution is 2.49. The molecule has 1 aromatic carbocycles. The molecule has 2 bridgehead atoms. The van der Waals surface area contributed by atoms with Crippen LogP contribution >= 0.6 is 17.0 Å². The minimum Gasteiger partial charge on any atom is -0.462 e. The van der Waals surface area contributed by atoms with E-state index in [2.05, 4.69) is 4.90 Å². The number of aliphatic hydroxyl groups excluding tert-OH is 1. The van der Waals surface area contributed by atoms with Crippen molar-refractivity contribution >= 4 is 28.7 Å². The third-order valence-corrected chi connectivity index (χ3v) is 8.05. The van der Waals surface area contributed by atoms with Crippen LogP contribution in [-0.2, 0) is 19.1 Å². The molecule has 6 nitrogen and oxygen atoms in total. The highest BCUT2D eigenvalue weighted by molar-refractivity contribution is 8.93. The lowest BCUT2D eigenvalue weighted by Gasteiger charge is -2.40. The number of fused-ring (bicyclic) bond motifs is 5. The number of epoxide rings is 1. The molecule has 5 atom stereocenters. The molecule has 4 aliphatic rings. The molecule has 1 aromatic rings. The Kier molecular flexibility index (Phi) is 8.26. The topological polar surface area (TPSA) is 79.4 Å². The molecule has 5 unspecified atom stereocenters. The zero-order chi connectivity index (χ0) is 22.1. The number of nitrogens with zero attached hydrogens (tertiary/aromatic N) is 1. The zero-order valence-corrected chi connectivity index (χ0v) is 20.9. The van der Waals surface area contributed by atoms with Gasteiger partial charge in [-0.3, -0.25) is 14.5 Å². The first kappa shape index (κ1) is 24.8. The summed E-state index contributed by atoms with van der Waals surface area (Å²) in [5.74, 6) is 0.0517. The maximum Gasteiger partial charge on any atom is 0.316 e. The SMILES string of the molecule is Br.O=C(CCC1CCCCC1)CN1C2CC(OC(=O)C(CO)c3ccccc3)CC1C1OC12. The van der Waals surface area contributed by atoms with Crippen molar-refractivity contribution in [2.24, 2.45) is 5.92 Å². The second kappa shape index (κ2) is 11.0. The summed E-state index contributed by atoms with van der Waals surface area (Å²) in [7, 11) is 0. The molecule has 1 saturated carbocycles. The van der Waals surface area contributed by atoms with Gasteiger partial charge in [0.25, 0.3) is 0 Å². The number of carbonyl (C=O) groups is 2. The smallest absolute Gasteiger partial charge is 0.316 e. The normalized spacial score (nSPS) is 31.8. The molecule has 0 radical (unpaired) electrons. The van der Waals surface area contributed by atoms with Gasteiger partial charge in [-0.25, -0.2) is 0 Å². The molecule has 3 heterocycles. The van der Waals surface area contributed by atoms with E-state index in [1.165, 1.54) is 32.1 Å². The first-order valence-corrected chi connectivity index (χ1v) is 12.4. The van der Waals surface area contributed by atoms with E-state index >= 15 is 0 Å². The van der Waals surface area contributed by atoms with Crippen LogP contribution in [0.15, 0.2) is 30.3 Å². The van der Waals surface area contributed by atoms with Crippen LogP contribution in [0.1, 0.15) is 69.3 Å². The fourth-order valence-electron chi connectivity index (χ4n) is 6.25. The van der Waals surface area contributed by atoms with Crippen molar-refractivity contribution in [1.29, 1.82) is 0 Å². The number of halogens is 1. The fraction of sp³-hybridized carbons (Fsp3) is 0.692. The minimum absolute atomic E-state index is 0. The summed E-state index contributed by atoms with van der Waals surface area (Å²) < 4.78 is 11.7. The second-order valence-electron chi connectivity index (χ2n) is 10.1. The quantitative estimate of drug-likeness (QED) is 0.393. The Morgan fingerprint density at radius 3 is 2.36 bits per heavy atom. The first-order valence-electron chi connectivity index (χ1n) is 12.4. The number of ether oxygens (including phenoxy) is 2. The molecule has 1 N–H and O–H groups in total. The molecule has 0 spiro atoms. The number of benzene rings is 1. The highest BCUT2D eigenvalue weighted by Gasteiger charge is 2.64. The lowest BCUT2D eigenvalue weighted by molar-refractivity contribution is -0.157. The van der Waals surface area contributed by atoms with Crippen LogP contribution in [0.4, 0.5) is 0 Å². The summed E-state index contributed by atoms with van der Waals surface area (Å²) in [6.45, 7) is 0.237. The van der Waals surface area contributed by atoms with E-state index in [1.54, 1.807) is 0 Å². The Morgan fingerprint density at radius 2 is 1.73 bits per heavy atom. The average Bonchev–Trinajstić information content (AvgIpc) is 3.58. The average molecular weight is 522 g/mol. The third-order valence-electron chi connectivity index (χ3n) is 8.05. The summed E-state index contributed by atoms with van der Waals surface area (Å²) in [4.78, 5) is 27.9. The predicted molar refractivity (Wildman–Crippen MR) is 129 cm³/mol. The van der Waals surface area contributed by atoms with Crippen molar-refractivity contribution in [1.82, 2.24) is 4.90 Å². The van der Waals surface area contributed by atoms with Crippen LogP contribution in [0, 0.1) is 5.92 Å². The van der Waals surface area contributed by atoms with Gasteiger partial charge in [0.05, 0.1) is 13.2 Å².